The standard InChI is InChI=1S/C20H21N5OS/c1-14(20-24-23-19-5-3-4-10-25(19)20)21-11-16-6-8-18(9-7-16)26-12-17-13-27-15(2)22-17/h3-10,13-14,21H,11-12H2,1-2H3. The minimum Gasteiger partial charge on any atom is -0.487 e. The van der Waals surface area contributed by atoms with E-state index in [9.17, 15) is 0 Å². The molecule has 0 fully saturated rings. The second-order valence-electron chi connectivity index (χ2n) is 6.38. The van der Waals surface area contributed by atoms with Gasteiger partial charge < -0.3 is 10.1 Å². The molecule has 0 saturated heterocycles. The van der Waals surface area contributed by atoms with E-state index < -0.39 is 0 Å². The smallest absolute Gasteiger partial charge is 0.160 e. The summed E-state index contributed by atoms with van der Waals surface area (Å²) in [6, 6.07) is 14.1. The fraction of sp³-hybridized carbons (Fsp3) is 0.250. The lowest BCUT2D eigenvalue weighted by atomic mass is 10.2. The molecule has 138 valence electrons. The fourth-order valence-corrected chi connectivity index (χ4v) is 3.45. The zero-order chi connectivity index (χ0) is 18.6. The van der Waals surface area contributed by atoms with Crippen molar-refractivity contribution in [3.8, 4) is 5.75 Å². The van der Waals surface area contributed by atoms with Gasteiger partial charge in [0.2, 0.25) is 0 Å². The molecule has 4 aromatic rings. The maximum Gasteiger partial charge on any atom is 0.160 e. The van der Waals surface area contributed by atoms with Crippen LogP contribution in [0, 0.1) is 6.92 Å². The number of benzene rings is 1. The molecule has 0 aliphatic heterocycles. The molecule has 1 N–H and O–H groups in total. The summed E-state index contributed by atoms with van der Waals surface area (Å²) in [7, 11) is 0. The molecule has 0 amide bonds. The lowest BCUT2D eigenvalue weighted by molar-refractivity contribution is 0.302. The van der Waals surface area contributed by atoms with Gasteiger partial charge in [-0.25, -0.2) is 4.98 Å². The normalized spacial score (nSPS) is 12.4. The third kappa shape index (κ3) is 4.15. The number of nitrogens with zero attached hydrogens (tertiary/aromatic N) is 4. The molecule has 1 atom stereocenters. The predicted molar refractivity (Wildman–Crippen MR) is 106 cm³/mol. The van der Waals surface area contributed by atoms with Gasteiger partial charge in [-0.05, 0) is 43.7 Å². The van der Waals surface area contributed by atoms with Crippen molar-refractivity contribution in [2.45, 2.75) is 33.0 Å². The Labute approximate surface area is 161 Å². The topological polar surface area (TPSA) is 64.3 Å². The maximum absolute atomic E-state index is 5.80. The van der Waals surface area contributed by atoms with E-state index in [4.69, 9.17) is 4.74 Å². The first-order valence-electron chi connectivity index (χ1n) is 8.85. The Balaban J connectivity index is 1.33. The van der Waals surface area contributed by atoms with Crippen LogP contribution >= 0.6 is 11.3 Å². The summed E-state index contributed by atoms with van der Waals surface area (Å²) < 4.78 is 7.80. The molecule has 1 aromatic carbocycles. The largest absolute Gasteiger partial charge is 0.487 e. The Morgan fingerprint density at radius 1 is 1.15 bits per heavy atom. The highest BCUT2D eigenvalue weighted by Gasteiger charge is 2.12. The van der Waals surface area contributed by atoms with Gasteiger partial charge in [0.05, 0.1) is 16.7 Å². The highest BCUT2D eigenvalue weighted by atomic mass is 32.1. The van der Waals surface area contributed by atoms with Crippen molar-refractivity contribution in [3.63, 3.8) is 0 Å². The van der Waals surface area contributed by atoms with Crippen LogP contribution in [0.5, 0.6) is 5.75 Å². The lowest BCUT2D eigenvalue weighted by Gasteiger charge is -2.13. The molecule has 7 heteroatoms. The highest BCUT2D eigenvalue weighted by Crippen LogP contribution is 2.17. The van der Waals surface area contributed by atoms with Gasteiger partial charge in [-0.3, -0.25) is 4.40 Å². The zero-order valence-corrected chi connectivity index (χ0v) is 16.1. The van der Waals surface area contributed by atoms with E-state index in [0.29, 0.717) is 6.61 Å². The Hall–Kier alpha value is -2.77. The van der Waals surface area contributed by atoms with Gasteiger partial charge in [0.1, 0.15) is 12.4 Å². The molecule has 0 bridgehead atoms. The van der Waals surface area contributed by atoms with Crippen LogP contribution in [-0.2, 0) is 13.2 Å². The number of thiazole rings is 1. The first kappa shape index (κ1) is 17.6. The van der Waals surface area contributed by atoms with Crippen LogP contribution in [0.3, 0.4) is 0 Å². The third-order valence-corrected chi connectivity index (χ3v) is 5.14. The summed E-state index contributed by atoms with van der Waals surface area (Å²) in [5.41, 5.74) is 3.02. The number of nitrogens with one attached hydrogen (secondary N) is 1. The van der Waals surface area contributed by atoms with Gasteiger partial charge in [-0.1, -0.05) is 18.2 Å². The zero-order valence-electron chi connectivity index (χ0n) is 15.3. The number of pyridine rings is 1. The van der Waals surface area contributed by atoms with E-state index in [2.05, 4.69) is 39.6 Å². The molecule has 27 heavy (non-hydrogen) atoms. The highest BCUT2D eigenvalue weighted by molar-refractivity contribution is 7.09. The molecule has 1 unspecified atom stereocenters. The van der Waals surface area contributed by atoms with Gasteiger partial charge in [-0.15, -0.1) is 21.5 Å². The van der Waals surface area contributed by atoms with Crippen LogP contribution in [-0.4, -0.2) is 19.6 Å². The van der Waals surface area contributed by atoms with Crippen LogP contribution in [0.15, 0.2) is 54.0 Å². The Bertz CT molecular complexity index is 1020. The van der Waals surface area contributed by atoms with Crippen LogP contribution < -0.4 is 10.1 Å². The molecule has 3 aromatic heterocycles. The number of hydrogen-bond donors (Lipinski definition) is 1. The van der Waals surface area contributed by atoms with Crippen LogP contribution in [0.4, 0.5) is 0 Å². The Morgan fingerprint density at radius 3 is 2.78 bits per heavy atom. The van der Waals surface area contributed by atoms with Gasteiger partial charge >= 0.3 is 0 Å². The molecule has 0 aliphatic carbocycles. The molecular formula is C20H21N5OS. The van der Waals surface area contributed by atoms with Crippen molar-refractivity contribution in [1.82, 2.24) is 24.9 Å². The Kier molecular flexibility index (Phi) is 5.13. The van der Waals surface area contributed by atoms with Gasteiger partial charge in [0, 0.05) is 18.1 Å². The van der Waals surface area contributed by atoms with Crippen molar-refractivity contribution >= 4 is 17.0 Å². The number of ether oxygens (including phenoxy) is 1. The number of rotatable bonds is 7. The number of fused-ring (bicyclic) bond motifs is 1. The molecule has 0 spiro atoms. The third-order valence-electron chi connectivity index (χ3n) is 4.32. The van der Waals surface area contributed by atoms with Gasteiger partial charge in [0.25, 0.3) is 0 Å². The number of aromatic nitrogens is 4. The van der Waals surface area contributed by atoms with Crippen molar-refractivity contribution in [2.75, 3.05) is 0 Å². The quantitative estimate of drug-likeness (QED) is 0.527. The predicted octanol–water partition coefficient (Wildman–Crippen LogP) is 3.92. The molecule has 0 radical (unpaired) electrons. The van der Waals surface area contributed by atoms with E-state index in [1.54, 1.807) is 11.3 Å². The Morgan fingerprint density at radius 2 is 2.00 bits per heavy atom. The van der Waals surface area contributed by atoms with Crippen molar-refractivity contribution < 1.29 is 4.74 Å². The summed E-state index contributed by atoms with van der Waals surface area (Å²) in [6.45, 7) is 5.34. The first-order chi connectivity index (χ1) is 13.2. The second-order valence-corrected chi connectivity index (χ2v) is 7.44. The molecular weight excluding hydrogens is 358 g/mol. The number of hydrogen-bond acceptors (Lipinski definition) is 6. The first-order valence-corrected chi connectivity index (χ1v) is 9.73. The van der Waals surface area contributed by atoms with Crippen molar-refractivity contribution in [3.05, 3.63) is 76.1 Å². The minimum absolute atomic E-state index is 0.0891. The SMILES string of the molecule is Cc1nc(COc2ccc(CNC(C)c3nnc4ccccn34)cc2)cs1. The van der Waals surface area contributed by atoms with Gasteiger partial charge in [-0.2, -0.15) is 0 Å². The number of aryl methyl sites for hydroxylation is 1. The lowest BCUT2D eigenvalue weighted by Crippen LogP contribution is -2.20. The molecule has 6 nitrogen and oxygen atoms in total. The van der Waals surface area contributed by atoms with Crippen molar-refractivity contribution in [2.24, 2.45) is 0 Å². The van der Waals surface area contributed by atoms with E-state index in [-0.39, 0.29) is 6.04 Å². The average molecular weight is 379 g/mol. The van der Waals surface area contributed by atoms with Crippen LogP contribution in [0.2, 0.25) is 0 Å². The van der Waals surface area contributed by atoms with E-state index in [0.717, 1.165) is 34.5 Å². The van der Waals surface area contributed by atoms with Crippen LogP contribution in [0.25, 0.3) is 5.65 Å². The fourth-order valence-electron chi connectivity index (χ4n) is 2.85. The molecule has 3 heterocycles. The monoisotopic (exact) mass is 379 g/mol. The maximum atomic E-state index is 5.80. The molecule has 0 saturated carbocycles. The second kappa shape index (κ2) is 7.85. The van der Waals surface area contributed by atoms with Gasteiger partial charge in [0.15, 0.2) is 11.5 Å². The molecule has 4 rings (SSSR count). The summed E-state index contributed by atoms with van der Waals surface area (Å²) in [5.74, 6) is 1.75. The van der Waals surface area contributed by atoms with E-state index in [1.807, 2.05) is 53.2 Å². The summed E-state index contributed by atoms with van der Waals surface area (Å²) in [6.07, 6.45) is 1.98. The van der Waals surface area contributed by atoms with Crippen molar-refractivity contribution in [1.29, 1.82) is 0 Å². The summed E-state index contributed by atoms with van der Waals surface area (Å²) >= 11 is 1.64. The van der Waals surface area contributed by atoms with Crippen LogP contribution in [0.1, 0.15) is 35.1 Å². The average Bonchev–Trinajstić information content (AvgIpc) is 3.31. The summed E-state index contributed by atoms with van der Waals surface area (Å²) in [4.78, 5) is 4.41. The van der Waals surface area contributed by atoms with E-state index >= 15 is 0 Å². The molecule has 0 aliphatic rings. The minimum atomic E-state index is 0.0891. The summed E-state index contributed by atoms with van der Waals surface area (Å²) in [5, 5.41) is 15.1. The van der Waals surface area contributed by atoms with E-state index in [1.165, 1.54) is 5.56 Å².